The molecule has 3 rings (SSSR count). The van der Waals surface area contributed by atoms with E-state index in [0.717, 1.165) is 24.3 Å². The van der Waals surface area contributed by atoms with E-state index in [0.29, 0.717) is 17.8 Å². The first-order valence-electron chi connectivity index (χ1n) is 11.0. The number of alkyl halides is 8. The lowest BCUT2D eigenvalue weighted by Crippen LogP contribution is -2.34. The topological polar surface area (TPSA) is 45.2 Å². The summed E-state index contributed by atoms with van der Waals surface area (Å²) in [7, 11) is 1.52. The fraction of sp³-hybridized carbons (Fsp3) is 0.280. The molecular weight excluding hydrogens is 546 g/mol. The highest BCUT2D eigenvalue weighted by Gasteiger charge is 2.58. The largest absolute Gasteiger partial charge is 0.458 e. The predicted molar refractivity (Wildman–Crippen MR) is 125 cm³/mol. The number of carbonyl (C=O) groups is 1. The number of hydrogen-bond acceptors (Lipinski definition) is 3. The molecule has 13 heteroatoms. The van der Waals surface area contributed by atoms with E-state index in [2.05, 4.69) is 10.3 Å². The lowest BCUT2D eigenvalue weighted by atomic mass is 10.0. The molecule has 0 aliphatic rings. The first kappa shape index (κ1) is 29.2. The van der Waals surface area contributed by atoms with Crippen LogP contribution in [0.25, 0.3) is 0 Å². The van der Waals surface area contributed by atoms with Crippen molar-refractivity contribution in [3.63, 3.8) is 0 Å². The minimum atomic E-state index is -5.79. The van der Waals surface area contributed by atoms with Crippen molar-refractivity contribution in [3.8, 4) is 0 Å². The van der Waals surface area contributed by atoms with Gasteiger partial charge in [-0.15, -0.1) is 0 Å². The Kier molecular flexibility index (Phi) is 8.55. The van der Waals surface area contributed by atoms with E-state index in [1.807, 2.05) is 0 Å². The zero-order valence-corrected chi connectivity index (χ0v) is 20.4. The molecule has 0 bridgehead atoms. The van der Waals surface area contributed by atoms with Crippen LogP contribution in [0.15, 0.2) is 60.7 Å². The van der Waals surface area contributed by atoms with Crippen LogP contribution in [0.1, 0.15) is 32.7 Å². The summed E-state index contributed by atoms with van der Waals surface area (Å²) in [6.07, 6.45) is -10.4. The van der Waals surface area contributed by atoms with Gasteiger partial charge in [0.15, 0.2) is 5.69 Å². The van der Waals surface area contributed by atoms with Gasteiger partial charge in [-0.05, 0) is 35.7 Å². The monoisotopic (exact) mass is 565 g/mol. The number of halogens is 9. The molecule has 0 spiro atoms. The van der Waals surface area contributed by atoms with Gasteiger partial charge in [0, 0.05) is 25.7 Å². The molecule has 2 aromatic carbocycles. The number of anilines is 1. The Hall–Kier alpha value is -3.41. The number of benzene rings is 2. The van der Waals surface area contributed by atoms with Crippen molar-refractivity contribution in [1.82, 2.24) is 9.88 Å². The molecule has 38 heavy (non-hydrogen) atoms. The van der Waals surface area contributed by atoms with Gasteiger partial charge in [-0.2, -0.15) is 35.1 Å². The highest BCUT2D eigenvalue weighted by Crippen LogP contribution is 2.43. The molecule has 3 aromatic rings. The smallest absolute Gasteiger partial charge is 0.386 e. The molecule has 0 atom stereocenters. The Morgan fingerprint density at radius 2 is 1.55 bits per heavy atom. The quantitative estimate of drug-likeness (QED) is 0.230. The summed E-state index contributed by atoms with van der Waals surface area (Å²) < 4.78 is 105. The Labute approximate surface area is 217 Å². The maximum atomic E-state index is 13.7. The molecule has 0 saturated carbocycles. The summed E-state index contributed by atoms with van der Waals surface area (Å²) in [5.41, 5.74) is -1.48. The molecular formula is C25H20ClF8N3O. The molecule has 204 valence electrons. The Balaban J connectivity index is 1.91. The van der Waals surface area contributed by atoms with Gasteiger partial charge >= 0.3 is 18.3 Å². The van der Waals surface area contributed by atoms with Crippen LogP contribution in [-0.4, -0.2) is 35.6 Å². The number of carbonyl (C=O) groups excluding carboxylic acids is 1. The number of rotatable bonds is 8. The third-order valence-electron chi connectivity index (χ3n) is 5.59. The first-order chi connectivity index (χ1) is 17.6. The van der Waals surface area contributed by atoms with Gasteiger partial charge in [-0.25, -0.2) is 4.98 Å². The van der Waals surface area contributed by atoms with Crippen LogP contribution in [0.4, 0.5) is 40.8 Å². The van der Waals surface area contributed by atoms with Crippen LogP contribution < -0.4 is 5.32 Å². The minimum Gasteiger partial charge on any atom is -0.386 e. The average molecular weight is 566 g/mol. The normalized spacial score (nSPS) is 12.4. The standard InChI is InChI=1S/C25H20ClF8N3O/c1-35-19-9-10-20(26)36-21(19)22(38)37(12-11-15-3-2-4-18(13-15)24(29,30)31)14-16-5-7-17(8-6-16)23(27,28)25(32,33)34/h2-10,13,35H,11-12,14H2,1H3. The van der Waals surface area contributed by atoms with Crippen LogP contribution in [0, 0.1) is 0 Å². The molecule has 4 nitrogen and oxygen atoms in total. The SMILES string of the molecule is CNc1ccc(Cl)nc1C(=O)N(CCc1cccc(C(F)(F)F)c1)Cc1ccc(C(F)(F)C(F)(F)F)cc1. The van der Waals surface area contributed by atoms with Crippen molar-refractivity contribution in [2.24, 2.45) is 0 Å². The van der Waals surface area contributed by atoms with Crippen molar-refractivity contribution in [2.45, 2.75) is 31.2 Å². The van der Waals surface area contributed by atoms with Gasteiger partial charge in [-0.1, -0.05) is 54.1 Å². The highest BCUT2D eigenvalue weighted by molar-refractivity contribution is 6.29. The molecule has 0 fully saturated rings. The van der Waals surface area contributed by atoms with Crippen LogP contribution in [-0.2, 0) is 25.1 Å². The van der Waals surface area contributed by atoms with E-state index in [9.17, 15) is 39.9 Å². The van der Waals surface area contributed by atoms with E-state index >= 15 is 0 Å². The zero-order chi connectivity index (χ0) is 28.3. The lowest BCUT2D eigenvalue weighted by Gasteiger charge is -2.24. The molecule has 1 heterocycles. The first-order valence-corrected chi connectivity index (χ1v) is 11.3. The third-order valence-corrected chi connectivity index (χ3v) is 5.80. The molecule has 1 N–H and O–H groups in total. The van der Waals surface area contributed by atoms with Crippen molar-refractivity contribution in [3.05, 3.63) is 93.8 Å². The van der Waals surface area contributed by atoms with Crippen molar-refractivity contribution < 1.29 is 39.9 Å². The predicted octanol–water partition coefficient (Wildman–Crippen LogP) is 7.33. The Morgan fingerprint density at radius 1 is 0.895 bits per heavy atom. The molecule has 0 unspecified atom stereocenters. The lowest BCUT2D eigenvalue weighted by molar-refractivity contribution is -0.289. The number of amides is 1. The molecule has 1 aromatic heterocycles. The fourth-order valence-electron chi connectivity index (χ4n) is 3.57. The van der Waals surface area contributed by atoms with Crippen molar-refractivity contribution in [1.29, 1.82) is 0 Å². The summed E-state index contributed by atoms with van der Waals surface area (Å²) in [5, 5.41) is 2.76. The molecule has 1 amide bonds. The van der Waals surface area contributed by atoms with Gasteiger partial charge in [0.05, 0.1) is 11.3 Å². The summed E-state index contributed by atoms with van der Waals surface area (Å²) in [4.78, 5) is 18.6. The second kappa shape index (κ2) is 11.1. The van der Waals surface area contributed by atoms with Crippen LogP contribution in [0.5, 0.6) is 0 Å². The number of aromatic nitrogens is 1. The van der Waals surface area contributed by atoms with Gasteiger partial charge in [0.25, 0.3) is 5.91 Å². The zero-order valence-electron chi connectivity index (χ0n) is 19.6. The van der Waals surface area contributed by atoms with Gasteiger partial charge in [0.1, 0.15) is 5.15 Å². The Bertz CT molecular complexity index is 1280. The van der Waals surface area contributed by atoms with E-state index in [1.165, 1.54) is 36.2 Å². The molecule has 0 radical (unpaired) electrons. The fourth-order valence-corrected chi connectivity index (χ4v) is 3.72. The van der Waals surface area contributed by atoms with Crippen molar-refractivity contribution in [2.75, 3.05) is 18.9 Å². The second-order valence-electron chi connectivity index (χ2n) is 8.22. The number of nitrogens with one attached hydrogen (secondary N) is 1. The van der Waals surface area contributed by atoms with Crippen LogP contribution in [0.3, 0.4) is 0 Å². The maximum Gasteiger partial charge on any atom is 0.458 e. The molecule has 0 aliphatic heterocycles. The van der Waals surface area contributed by atoms with E-state index in [1.54, 1.807) is 0 Å². The van der Waals surface area contributed by atoms with Crippen molar-refractivity contribution >= 4 is 23.2 Å². The third kappa shape index (κ3) is 6.72. The van der Waals surface area contributed by atoms with Crippen LogP contribution >= 0.6 is 11.6 Å². The van der Waals surface area contributed by atoms with Gasteiger partial charge in [-0.3, -0.25) is 4.79 Å². The maximum absolute atomic E-state index is 13.7. The summed E-state index contributed by atoms with van der Waals surface area (Å²) >= 11 is 5.93. The van der Waals surface area contributed by atoms with E-state index < -0.39 is 35.3 Å². The summed E-state index contributed by atoms with van der Waals surface area (Å²) in [6, 6.07) is 10.7. The molecule has 0 aliphatic carbocycles. The Morgan fingerprint density at radius 3 is 2.13 bits per heavy atom. The number of hydrogen-bond donors (Lipinski definition) is 1. The van der Waals surface area contributed by atoms with Gasteiger partial charge in [0.2, 0.25) is 0 Å². The van der Waals surface area contributed by atoms with E-state index in [-0.39, 0.29) is 41.5 Å². The van der Waals surface area contributed by atoms with Gasteiger partial charge < -0.3 is 10.2 Å². The second-order valence-corrected chi connectivity index (χ2v) is 8.61. The molecule has 0 saturated heterocycles. The van der Waals surface area contributed by atoms with E-state index in [4.69, 9.17) is 11.6 Å². The van der Waals surface area contributed by atoms with Crippen LogP contribution in [0.2, 0.25) is 5.15 Å². The summed E-state index contributed by atoms with van der Waals surface area (Å²) in [5.74, 6) is -5.76. The number of nitrogens with zero attached hydrogens (tertiary/aromatic N) is 2. The number of pyridine rings is 1. The highest BCUT2D eigenvalue weighted by atomic mass is 35.5. The minimum absolute atomic E-state index is 0.0103. The average Bonchev–Trinajstić information content (AvgIpc) is 2.85. The summed E-state index contributed by atoms with van der Waals surface area (Å²) in [6.45, 7) is -0.384.